The summed E-state index contributed by atoms with van der Waals surface area (Å²) in [5, 5.41) is 16.7. The smallest absolute Gasteiger partial charge is 0.376 e. The van der Waals surface area contributed by atoms with Gasteiger partial charge < -0.3 is 25.2 Å². The van der Waals surface area contributed by atoms with Crippen molar-refractivity contribution in [2.75, 3.05) is 5.73 Å². The van der Waals surface area contributed by atoms with E-state index in [1.54, 1.807) is 4.57 Å². The third kappa shape index (κ3) is 2.55. The second-order valence-corrected chi connectivity index (χ2v) is 6.07. The number of nitrogens with zero attached hydrogens (tertiary/aromatic N) is 7. The first-order valence-electron chi connectivity index (χ1n) is 5.91. The number of hydrogen-bond acceptors (Lipinski definition) is 8. The van der Waals surface area contributed by atoms with Gasteiger partial charge in [0.15, 0.2) is 11.5 Å². The van der Waals surface area contributed by atoms with Gasteiger partial charge in [0.1, 0.15) is 17.5 Å². The van der Waals surface area contributed by atoms with Crippen LogP contribution in [0.4, 0.5) is 5.82 Å². The summed E-state index contributed by atoms with van der Waals surface area (Å²) in [4.78, 5) is 29.8. The van der Waals surface area contributed by atoms with Gasteiger partial charge in [-0.25, -0.2) is 19.6 Å². The Hall–Kier alpha value is -2.40. The number of anilines is 1. The van der Waals surface area contributed by atoms with Crippen LogP contribution in [0.1, 0.15) is 11.7 Å². The zero-order valence-electron chi connectivity index (χ0n) is 10.9. The molecule has 0 saturated carbocycles. The fraction of sp³-hybridized carbons (Fsp3) is 0.222. The Labute approximate surface area is 122 Å². The predicted octanol–water partition coefficient (Wildman–Crippen LogP) is -1.33. The van der Waals surface area contributed by atoms with Crippen LogP contribution in [0.2, 0.25) is 0 Å². The molecule has 0 saturated heterocycles. The Kier molecular flexibility index (Phi) is 3.37. The molecule has 0 spiro atoms. The number of rotatable bonds is 4. The first kappa shape index (κ1) is 14.5. The van der Waals surface area contributed by atoms with Gasteiger partial charge >= 0.3 is 7.60 Å². The standard InChI is InChI=1S/C9H11N8O4P/c10-7-6-8(12-3-11-7)16(4-13-6)1-5-2-17(15-14-5)9(18)22(19,20)21/h2-4,9,18H,1H2,(H2,10,11,12)(H2,19,20,21). The Balaban J connectivity index is 1.89. The second-order valence-electron chi connectivity index (χ2n) is 4.43. The van der Waals surface area contributed by atoms with E-state index in [0.717, 1.165) is 0 Å². The van der Waals surface area contributed by atoms with E-state index in [1.807, 2.05) is 0 Å². The summed E-state index contributed by atoms with van der Waals surface area (Å²) in [6.07, 6.45) is 4.00. The van der Waals surface area contributed by atoms with Crippen LogP contribution >= 0.6 is 7.60 Å². The summed E-state index contributed by atoms with van der Waals surface area (Å²) < 4.78 is 13.3. The van der Waals surface area contributed by atoms with Crippen molar-refractivity contribution in [3.63, 3.8) is 0 Å². The molecule has 0 radical (unpaired) electrons. The van der Waals surface area contributed by atoms with Gasteiger partial charge in [-0.05, 0) is 0 Å². The molecule has 22 heavy (non-hydrogen) atoms. The lowest BCUT2D eigenvalue weighted by Gasteiger charge is -2.10. The van der Waals surface area contributed by atoms with Gasteiger partial charge in [-0.1, -0.05) is 5.21 Å². The minimum atomic E-state index is -4.72. The van der Waals surface area contributed by atoms with Gasteiger partial charge in [0.2, 0.25) is 0 Å². The molecule has 0 amide bonds. The van der Waals surface area contributed by atoms with Gasteiger partial charge in [0, 0.05) is 0 Å². The number of imidazole rings is 1. The first-order chi connectivity index (χ1) is 10.4. The quantitative estimate of drug-likeness (QED) is 0.420. The molecule has 0 aliphatic carbocycles. The molecule has 0 aromatic carbocycles. The van der Waals surface area contributed by atoms with E-state index in [1.165, 1.54) is 18.9 Å². The molecule has 13 heteroatoms. The van der Waals surface area contributed by atoms with Crippen molar-refractivity contribution in [3.05, 3.63) is 24.5 Å². The van der Waals surface area contributed by atoms with E-state index in [-0.39, 0.29) is 12.4 Å². The number of hydrogen-bond donors (Lipinski definition) is 4. The summed E-state index contributed by atoms with van der Waals surface area (Å²) in [7, 11) is -4.72. The highest BCUT2D eigenvalue weighted by atomic mass is 31.2. The SMILES string of the molecule is Nc1ncnc2c1ncn2Cc1cn(C(O)P(=O)(O)O)nn1. The third-order valence-corrected chi connectivity index (χ3v) is 3.70. The molecule has 5 N–H and O–H groups in total. The number of aliphatic hydroxyl groups is 1. The van der Waals surface area contributed by atoms with Crippen LogP contribution in [-0.4, -0.2) is 49.4 Å². The monoisotopic (exact) mass is 326 g/mol. The molecule has 3 aromatic rings. The predicted molar refractivity (Wildman–Crippen MR) is 72.2 cm³/mol. The van der Waals surface area contributed by atoms with Crippen molar-refractivity contribution in [3.8, 4) is 0 Å². The van der Waals surface area contributed by atoms with E-state index >= 15 is 0 Å². The molecule has 3 aromatic heterocycles. The second kappa shape index (κ2) is 5.10. The molecule has 12 nitrogen and oxygen atoms in total. The highest BCUT2D eigenvalue weighted by Gasteiger charge is 2.29. The summed E-state index contributed by atoms with van der Waals surface area (Å²) in [5.74, 6) is -1.84. The number of nitrogens with two attached hydrogens (primary N) is 1. The Morgan fingerprint density at radius 1 is 1.32 bits per heavy atom. The highest BCUT2D eigenvalue weighted by molar-refractivity contribution is 7.51. The molecule has 116 valence electrons. The minimum absolute atomic E-state index is 0.181. The van der Waals surface area contributed by atoms with Crippen LogP contribution in [0.25, 0.3) is 11.2 Å². The topological polar surface area (TPSA) is 178 Å². The van der Waals surface area contributed by atoms with Crippen LogP contribution in [-0.2, 0) is 11.1 Å². The van der Waals surface area contributed by atoms with Crippen molar-refractivity contribution >= 4 is 24.6 Å². The van der Waals surface area contributed by atoms with Crippen molar-refractivity contribution < 1.29 is 19.5 Å². The summed E-state index contributed by atoms with van der Waals surface area (Å²) in [5.41, 5.74) is 6.95. The molecular formula is C9H11N8O4P. The van der Waals surface area contributed by atoms with Gasteiger partial charge in [0.05, 0.1) is 19.1 Å². The van der Waals surface area contributed by atoms with Crippen molar-refractivity contribution in [2.24, 2.45) is 0 Å². The molecule has 0 bridgehead atoms. The molecule has 0 aliphatic rings. The van der Waals surface area contributed by atoms with Crippen LogP contribution < -0.4 is 5.73 Å². The normalized spacial score (nSPS) is 13.6. The van der Waals surface area contributed by atoms with E-state index < -0.39 is 13.6 Å². The van der Waals surface area contributed by atoms with E-state index in [2.05, 4.69) is 25.3 Å². The Morgan fingerprint density at radius 2 is 2.09 bits per heavy atom. The van der Waals surface area contributed by atoms with E-state index in [9.17, 15) is 9.67 Å². The molecule has 0 aliphatic heterocycles. The lowest BCUT2D eigenvalue weighted by atomic mass is 10.4. The van der Waals surface area contributed by atoms with Gasteiger partial charge in [-0.2, -0.15) is 0 Å². The molecule has 1 unspecified atom stereocenters. The number of nitrogen functional groups attached to an aromatic ring is 1. The average molecular weight is 326 g/mol. The third-order valence-electron chi connectivity index (χ3n) is 2.86. The average Bonchev–Trinajstić information content (AvgIpc) is 3.06. The Bertz CT molecular complexity index is 870. The van der Waals surface area contributed by atoms with Crippen LogP contribution in [0.3, 0.4) is 0 Å². The molecular weight excluding hydrogens is 315 g/mol. The fourth-order valence-corrected chi connectivity index (χ4v) is 2.26. The summed E-state index contributed by atoms with van der Waals surface area (Å²) in [6.45, 7) is 0.181. The summed E-state index contributed by atoms with van der Waals surface area (Å²) >= 11 is 0. The fourth-order valence-electron chi connectivity index (χ4n) is 1.84. The van der Waals surface area contributed by atoms with Crippen LogP contribution in [0.15, 0.2) is 18.9 Å². The van der Waals surface area contributed by atoms with Crippen LogP contribution in [0.5, 0.6) is 0 Å². The van der Waals surface area contributed by atoms with Gasteiger partial charge in [-0.3, -0.25) is 4.57 Å². The van der Waals surface area contributed by atoms with E-state index in [4.69, 9.17) is 15.5 Å². The zero-order chi connectivity index (χ0) is 15.9. The molecule has 1 atom stereocenters. The lowest BCUT2D eigenvalue weighted by Crippen LogP contribution is -2.09. The maximum atomic E-state index is 11.0. The summed E-state index contributed by atoms with van der Waals surface area (Å²) in [6, 6.07) is 0. The van der Waals surface area contributed by atoms with Crippen LogP contribution in [0, 0.1) is 0 Å². The lowest BCUT2D eigenvalue weighted by molar-refractivity contribution is 0.131. The largest absolute Gasteiger partial charge is 0.382 e. The van der Waals surface area contributed by atoms with Crippen molar-refractivity contribution in [1.29, 1.82) is 0 Å². The number of aliphatic hydroxyl groups excluding tert-OH is 1. The maximum absolute atomic E-state index is 11.0. The Morgan fingerprint density at radius 3 is 2.82 bits per heavy atom. The zero-order valence-corrected chi connectivity index (χ0v) is 11.8. The molecule has 3 heterocycles. The van der Waals surface area contributed by atoms with Gasteiger partial charge in [0.25, 0.3) is 5.97 Å². The van der Waals surface area contributed by atoms with Crippen molar-refractivity contribution in [2.45, 2.75) is 12.5 Å². The highest BCUT2D eigenvalue weighted by Crippen LogP contribution is 2.46. The number of fused-ring (bicyclic) bond motifs is 1. The van der Waals surface area contributed by atoms with Crippen molar-refractivity contribution in [1.82, 2.24) is 34.5 Å². The first-order valence-corrected chi connectivity index (χ1v) is 7.59. The minimum Gasteiger partial charge on any atom is -0.382 e. The van der Waals surface area contributed by atoms with Gasteiger partial charge in [-0.15, -0.1) is 5.10 Å². The maximum Gasteiger partial charge on any atom is 0.376 e. The van der Waals surface area contributed by atoms with E-state index in [0.29, 0.717) is 21.5 Å². The number of aromatic nitrogens is 7. The molecule has 3 rings (SSSR count). The molecule has 0 fully saturated rings.